The van der Waals surface area contributed by atoms with Crippen molar-refractivity contribution in [2.45, 2.75) is 25.4 Å². The second kappa shape index (κ2) is 6.80. The second-order valence-corrected chi connectivity index (χ2v) is 6.89. The number of benzene rings is 2. The van der Waals surface area contributed by atoms with Crippen molar-refractivity contribution in [1.82, 2.24) is 14.5 Å². The molecule has 4 rings (SSSR count). The number of fused-ring (bicyclic) bond motifs is 1. The van der Waals surface area contributed by atoms with Crippen LogP contribution in [0.2, 0.25) is 0 Å². The molecule has 1 aliphatic heterocycles. The maximum absolute atomic E-state index is 12.4. The Morgan fingerprint density at radius 1 is 1.08 bits per heavy atom. The number of piperidine rings is 1. The molecule has 0 spiro atoms. The molecule has 0 atom stereocenters. The number of para-hydroxylation sites is 2. The van der Waals surface area contributed by atoms with E-state index in [1.54, 1.807) is 12.1 Å². The molecule has 0 saturated carbocycles. The van der Waals surface area contributed by atoms with E-state index in [2.05, 4.69) is 9.88 Å². The molecule has 2 aromatic carbocycles. The largest absolute Gasteiger partial charge is 0.366 e. The molecule has 0 unspecified atom stereocenters. The lowest BCUT2D eigenvalue weighted by molar-refractivity contribution is 0.1000. The number of carbonyl (C=O) groups excluding carboxylic acids is 1. The summed E-state index contributed by atoms with van der Waals surface area (Å²) in [5.74, 6) is -0.401. The van der Waals surface area contributed by atoms with E-state index in [-0.39, 0.29) is 11.7 Å². The maximum atomic E-state index is 12.4. The van der Waals surface area contributed by atoms with Crippen LogP contribution in [-0.4, -0.2) is 33.4 Å². The van der Waals surface area contributed by atoms with E-state index >= 15 is 0 Å². The predicted molar refractivity (Wildman–Crippen MR) is 101 cm³/mol. The molecule has 1 aromatic heterocycles. The zero-order valence-electron chi connectivity index (χ0n) is 14.5. The van der Waals surface area contributed by atoms with E-state index in [0.717, 1.165) is 49.1 Å². The van der Waals surface area contributed by atoms with Gasteiger partial charge in [-0.2, -0.15) is 0 Å². The van der Waals surface area contributed by atoms with Crippen molar-refractivity contribution >= 4 is 16.9 Å². The monoisotopic (exact) mass is 350 g/mol. The third kappa shape index (κ3) is 3.15. The number of aromatic amines is 1. The first kappa shape index (κ1) is 16.6. The first-order valence-electron chi connectivity index (χ1n) is 8.92. The third-order valence-electron chi connectivity index (χ3n) is 5.19. The number of carbonyl (C=O) groups is 1. The zero-order chi connectivity index (χ0) is 18.1. The van der Waals surface area contributed by atoms with E-state index in [9.17, 15) is 9.59 Å². The van der Waals surface area contributed by atoms with Gasteiger partial charge >= 0.3 is 5.69 Å². The normalized spacial score (nSPS) is 16.2. The Morgan fingerprint density at radius 3 is 2.46 bits per heavy atom. The zero-order valence-corrected chi connectivity index (χ0v) is 14.5. The number of nitrogens with zero attached hydrogens (tertiary/aromatic N) is 2. The standard InChI is InChI=1S/C20H22N4O2/c21-19(25)15-7-5-14(6-8-15)13-23-11-9-16(10-12-23)24-18-4-2-1-3-17(18)22-20(24)26/h1-8,16H,9-13H2,(H2,21,25)(H,22,26). The van der Waals surface area contributed by atoms with Gasteiger partial charge in [-0.15, -0.1) is 0 Å². The number of H-pyrrole nitrogens is 1. The van der Waals surface area contributed by atoms with Crippen LogP contribution in [0.1, 0.15) is 34.8 Å². The summed E-state index contributed by atoms with van der Waals surface area (Å²) in [6.07, 6.45) is 1.89. The summed E-state index contributed by atoms with van der Waals surface area (Å²) in [6, 6.07) is 15.5. The fraction of sp³-hybridized carbons (Fsp3) is 0.300. The summed E-state index contributed by atoms with van der Waals surface area (Å²) in [5, 5.41) is 0. The summed E-state index contributed by atoms with van der Waals surface area (Å²) in [6.45, 7) is 2.72. The molecule has 3 aromatic rings. The summed E-state index contributed by atoms with van der Waals surface area (Å²) in [7, 11) is 0. The molecule has 2 heterocycles. The number of likely N-dealkylation sites (tertiary alicyclic amines) is 1. The van der Waals surface area contributed by atoms with Gasteiger partial charge in [-0.3, -0.25) is 14.3 Å². The average Bonchev–Trinajstić information content (AvgIpc) is 2.99. The highest BCUT2D eigenvalue weighted by atomic mass is 16.1. The highest BCUT2D eigenvalue weighted by Gasteiger charge is 2.23. The molecular formula is C20H22N4O2. The summed E-state index contributed by atoms with van der Waals surface area (Å²) < 4.78 is 1.91. The van der Waals surface area contributed by atoms with E-state index in [0.29, 0.717) is 5.56 Å². The second-order valence-electron chi connectivity index (χ2n) is 6.89. The highest BCUT2D eigenvalue weighted by Crippen LogP contribution is 2.25. The summed E-state index contributed by atoms with van der Waals surface area (Å²) in [4.78, 5) is 28.8. The van der Waals surface area contributed by atoms with Crippen LogP contribution in [0.5, 0.6) is 0 Å². The molecule has 1 aliphatic rings. The molecule has 6 nitrogen and oxygen atoms in total. The smallest absolute Gasteiger partial charge is 0.326 e. The number of hydrogen-bond donors (Lipinski definition) is 2. The lowest BCUT2D eigenvalue weighted by atomic mass is 10.0. The topological polar surface area (TPSA) is 84.1 Å². The van der Waals surface area contributed by atoms with Gasteiger partial charge in [0, 0.05) is 31.2 Å². The highest BCUT2D eigenvalue weighted by molar-refractivity contribution is 5.92. The number of nitrogens with one attached hydrogen (secondary N) is 1. The lowest BCUT2D eigenvalue weighted by Crippen LogP contribution is -2.36. The Labute approximate surface area is 151 Å². The van der Waals surface area contributed by atoms with Crippen LogP contribution in [0.25, 0.3) is 11.0 Å². The molecule has 26 heavy (non-hydrogen) atoms. The van der Waals surface area contributed by atoms with Crippen LogP contribution < -0.4 is 11.4 Å². The number of aromatic nitrogens is 2. The van der Waals surface area contributed by atoms with Crippen LogP contribution in [0, 0.1) is 0 Å². The molecule has 3 N–H and O–H groups in total. The first-order chi connectivity index (χ1) is 12.6. The van der Waals surface area contributed by atoms with Gasteiger partial charge in [0.15, 0.2) is 0 Å². The Morgan fingerprint density at radius 2 is 1.77 bits per heavy atom. The quantitative estimate of drug-likeness (QED) is 0.757. The molecular weight excluding hydrogens is 328 g/mol. The van der Waals surface area contributed by atoms with Gasteiger partial charge in [0.05, 0.1) is 11.0 Å². The first-order valence-corrected chi connectivity index (χ1v) is 8.92. The Kier molecular flexibility index (Phi) is 4.34. The fourth-order valence-electron chi connectivity index (χ4n) is 3.81. The van der Waals surface area contributed by atoms with E-state index in [1.807, 2.05) is 41.0 Å². The van der Waals surface area contributed by atoms with Crippen LogP contribution in [0.4, 0.5) is 0 Å². The summed E-state index contributed by atoms with van der Waals surface area (Å²) in [5.41, 5.74) is 8.84. The predicted octanol–water partition coefficient (Wildman–Crippen LogP) is 2.27. The number of primary amides is 1. The minimum atomic E-state index is -0.401. The number of imidazole rings is 1. The number of hydrogen-bond acceptors (Lipinski definition) is 3. The molecule has 6 heteroatoms. The molecule has 1 fully saturated rings. The van der Waals surface area contributed by atoms with E-state index < -0.39 is 5.91 Å². The van der Waals surface area contributed by atoms with Crippen LogP contribution in [0.3, 0.4) is 0 Å². The van der Waals surface area contributed by atoms with Gasteiger partial charge in [-0.25, -0.2) is 4.79 Å². The number of nitrogens with two attached hydrogens (primary N) is 1. The maximum Gasteiger partial charge on any atom is 0.326 e. The van der Waals surface area contributed by atoms with Crippen molar-refractivity contribution in [2.75, 3.05) is 13.1 Å². The van der Waals surface area contributed by atoms with Gasteiger partial charge < -0.3 is 10.7 Å². The molecule has 1 saturated heterocycles. The number of amides is 1. The van der Waals surface area contributed by atoms with E-state index in [4.69, 9.17) is 5.73 Å². The molecule has 0 aliphatic carbocycles. The van der Waals surface area contributed by atoms with Crippen molar-refractivity contribution in [3.63, 3.8) is 0 Å². The Bertz CT molecular complexity index is 979. The molecule has 1 amide bonds. The minimum absolute atomic E-state index is 0.0216. The van der Waals surface area contributed by atoms with Crippen molar-refractivity contribution in [2.24, 2.45) is 5.73 Å². The fourth-order valence-corrected chi connectivity index (χ4v) is 3.81. The van der Waals surface area contributed by atoms with Gasteiger partial charge in [0.2, 0.25) is 5.91 Å². The minimum Gasteiger partial charge on any atom is -0.366 e. The van der Waals surface area contributed by atoms with Gasteiger partial charge in [-0.1, -0.05) is 24.3 Å². The molecule has 134 valence electrons. The van der Waals surface area contributed by atoms with Gasteiger partial charge in [-0.05, 0) is 42.7 Å². The van der Waals surface area contributed by atoms with E-state index in [1.165, 1.54) is 0 Å². The number of rotatable bonds is 4. The van der Waals surface area contributed by atoms with Crippen molar-refractivity contribution in [1.29, 1.82) is 0 Å². The average molecular weight is 350 g/mol. The lowest BCUT2D eigenvalue weighted by Gasteiger charge is -2.32. The third-order valence-corrected chi connectivity index (χ3v) is 5.19. The van der Waals surface area contributed by atoms with Crippen molar-refractivity contribution in [3.8, 4) is 0 Å². The van der Waals surface area contributed by atoms with Crippen molar-refractivity contribution < 1.29 is 4.79 Å². The Hall–Kier alpha value is -2.86. The van der Waals surface area contributed by atoms with Crippen molar-refractivity contribution in [3.05, 3.63) is 70.1 Å². The summed E-state index contributed by atoms with van der Waals surface area (Å²) >= 11 is 0. The van der Waals surface area contributed by atoms with Crippen LogP contribution >= 0.6 is 0 Å². The molecule has 0 radical (unpaired) electrons. The molecule has 0 bridgehead atoms. The Balaban J connectivity index is 1.43. The van der Waals surface area contributed by atoms with Crippen LogP contribution in [-0.2, 0) is 6.54 Å². The van der Waals surface area contributed by atoms with Gasteiger partial charge in [0.25, 0.3) is 0 Å². The van der Waals surface area contributed by atoms with Gasteiger partial charge in [0.1, 0.15) is 0 Å². The SMILES string of the molecule is NC(=O)c1ccc(CN2CCC(n3c(=O)[nH]c4ccccc43)CC2)cc1. The van der Waals surface area contributed by atoms with Crippen LogP contribution in [0.15, 0.2) is 53.3 Å².